The van der Waals surface area contributed by atoms with Gasteiger partial charge in [0, 0.05) is 31.6 Å². The summed E-state index contributed by atoms with van der Waals surface area (Å²) in [5, 5.41) is 6.85. The molecule has 0 aliphatic carbocycles. The van der Waals surface area contributed by atoms with Gasteiger partial charge in [0.1, 0.15) is 0 Å². The third-order valence-corrected chi connectivity index (χ3v) is 6.05. The number of aromatic amines is 1. The van der Waals surface area contributed by atoms with Gasteiger partial charge in [0.25, 0.3) is 0 Å². The Bertz CT molecular complexity index is 1010. The van der Waals surface area contributed by atoms with Crippen LogP contribution in [0.15, 0.2) is 71.4 Å². The van der Waals surface area contributed by atoms with E-state index in [1.807, 2.05) is 0 Å². The molecule has 0 saturated carbocycles. The van der Waals surface area contributed by atoms with Crippen molar-refractivity contribution in [2.24, 2.45) is 0 Å². The molecule has 0 bridgehead atoms. The summed E-state index contributed by atoms with van der Waals surface area (Å²) in [5.41, 5.74) is 4.97. The third-order valence-electron chi connectivity index (χ3n) is 4.21. The average molecular weight is 331 g/mol. The Balaban J connectivity index is 1.77. The highest BCUT2D eigenvalue weighted by Crippen LogP contribution is 2.34. The Labute approximate surface area is 141 Å². The number of thiophene rings is 2. The molecule has 1 N–H and O–H groups in total. The van der Waals surface area contributed by atoms with E-state index in [-0.39, 0.29) is 0 Å². The molecule has 23 heavy (non-hydrogen) atoms. The van der Waals surface area contributed by atoms with Crippen molar-refractivity contribution >= 4 is 44.5 Å². The number of nitrogens with one attached hydrogen (secondary N) is 1. The van der Waals surface area contributed by atoms with Gasteiger partial charge in [-0.2, -0.15) is 0 Å². The maximum atomic E-state index is 3.53. The molecule has 0 aliphatic heterocycles. The quantitative estimate of drug-likeness (QED) is 0.367. The summed E-state index contributed by atoms with van der Waals surface area (Å²) in [6, 6.07) is 22.0. The molecular weight excluding hydrogens is 318 g/mol. The summed E-state index contributed by atoms with van der Waals surface area (Å²) in [5.74, 6) is 0. The molecule has 0 atom stereocenters. The van der Waals surface area contributed by atoms with Crippen LogP contribution in [0.25, 0.3) is 42.7 Å². The van der Waals surface area contributed by atoms with Crippen molar-refractivity contribution in [2.75, 3.05) is 0 Å². The lowest BCUT2D eigenvalue weighted by Crippen LogP contribution is -1.74. The van der Waals surface area contributed by atoms with Crippen LogP contribution in [0.3, 0.4) is 0 Å². The van der Waals surface area contributed by atoms with Gasteiger partial charge in [0.2, 0.25) is 0 Å². The first-order valence-corrected chi connectivity index (χ1v) is 9.28. The molecule has 5 rings (SSSR count). The maximum Gasteiger partial charge on any atom is 0.0465 e. The van der Waals surface area contributed by atoms with E-state index < -0.39 is 0 Å². The van der Waals surface area contributed by atoms with Gasteiger partial charge in [0.15, 0.2) is 0 Å². The highest BCUT2D eigenvalue weighted by Gasteiger charge is 2.08. The molecule has 0 spiro atoms. The lowest BCUT2D eigenvalue weighted by molar-refractivity contribution is 1.55. The Morgan fingerprint density at radius 3 is 1.57 bits per heavy atom. The topological polar surface area (TPSA) is 15.8 Å². The summed E-state index contributed by atoms with van der Waals surface area (Å²) < 4.78 is 0. The molecule has 1 nitrogen and oxygen atoms in total. The monoisotopic (exact) mass is 331 g/mol. The van der Waals surface area contributed by atoms with E-state index >= 15 is 0 Å². The normalized spacial score (nSPS) is 11.5. The van der Waals surface area contributed by atoms with Crippen LogP contribution in [0.5, 0.6) is 0 Å². The van der Waals surface area contributed by atoms with Crippen molar-refractivity contribution in [3.05, 3.63) is 71.4 Å². The zero-order chi connectivity index (χ0) is 15.2. The first-order valence-electron chi connectivity index (χ1n) is 7.52. The van der Waals surface area contributed by atoms with Crippen LogP contribution in [0, 0.1) is 0 Å². The molecule has 0 fully saturated rings. The van der Waals surface area contributed by atoms with Gasteiger partial charge < -0.3 is 4.98 Å². The molecule has 110 valence electrons. The Morgan fingerprint density at radius 1 is 0.609 bits per heavy atom. The van der Waals surface area contributed by atoms with E-state index in [9.17, 15) is 0 Å². The van der Waals surface area contributed by atoms with Crippen LogP contribution >= 0.6 is 22.7 Å². The zero-order valence-corrected chi connectivity index (χ0v) is 13.9. The molecule has 3 heterocycles. The van der Waals surface area contributed by atoms with E-state index in [0.29, 0.717) is 0 Å². The fourth-order valence-electron chi connectivity index (χ4n) is 3.09. The summed E-state index contributed by atoms with van der Waals surface area (Å²) in [7, 11) is 0. The summed E-state index contributed by atoms with van der Waals surface area (Å²) in [6.45, 7) is 0. The molecule has 5 aromatic rings. The first kappa shape index (κ1) is 13.1. The van der Waals surface area contributed by atoms with Gasteiger partial charge in [0.05, 0.1) is 0 Å². The number of H-pyrrole nitrogens is 1. The Morgan fingerprint density at radius 2 is 1.13 bits per heavy atom. The molecule has 3 heteroatoms. The Hall–Kier alpha value is -2.36. The molecule has 3 aromatic heterocycles. The molecule has 0 radical (unpaired) electrons. The summed E-state index contributed by atoms with van der Waals surface area (Å²) >= 11 is 3.57. The Kier molecular flexibility index (Phi) is 2.90. The predicted molar refractivity (Wildman–Crippen MR) is 102 cm³/mol. The smallest absolute Gasteiger partial charge is 0.0465 e. The SMILES string of the molecule is c1csc(-c2ccc3[nH]c4ccc(-c5cccs5)cc4c3c2)c1. The molecule has 2 aromatic carbocycles. The third kappa shape index (κ3) is 2.12. The van der Waals surface area contributed by atoms with Gasteiger partial charge in [-0.1, -0.05) is 24.3 Å². The second-order valence-corrected chi connectivity index (χ2v) is 7.50. The van der Waals surface area contributed by atoms with Crippen LogP contribution in [0.4, 0.5) is 0 Å². The average Bonchev–Trinajstić information content (AvgIpc) is 3.33. The van der Waals surface area contributed by atoms with Gasteiger partial charge >= 0.3 is 0 Å². The zero-order valence-electron chi connectivity index (χ0n) is 12.2. The largest absolute Gasteiger partial charge is 0.355 e. The van der Waals surface area contributed by atoms with Crippen molar-refractivity contribution in [3.63, 3.8) is 0 Å². The van der Waals surface area contributed by atoms with Crippen molar-refractivity contribution in [2.45, 2.75) is 0 Å². The van der Waals surface area contributed by atoms with Crippen LogP contribution in [-0.4, -0.2) is 4.98 Å². The molecule has 0 saturated heterocycles. The van der Waals surface area contributed by atoms with E-state index in [2.05, 4.69) is 76.4 Å². The second-order valence-electron chi connectivity index (χ2n) is 5.60. The van der Waals surface area contributed by atoms with Crippen molar-refractivity contribution in [1.29, 1.82) is 0 Å². The van der Waals surface area contributed by atoms with E-state index in [1.54, 1.807) is 22.7 Å². The van der Waals surface area contributed by atoms with Crippen LogP contribution < -0.4 is 0 Å². The minimum atomic E-state index is 1.20. The highest BCUT2D eigenvalue weighted by molar-refractivity contribution is 7.13. The van der Waals surface area contributed by atoms with Gasteiger partial charge in [-0.15, -0.1) is 22.7 Å². The second kappa shape index (κ2) is 5.08. The standard InChI is InChI=1S/C20H13NS2/c1-3-19(22-9-1)13-5-7-17-15(11-13)16-12-14(6-8-18(16)21-17)20-4-2-10-23-20/h1-12,21H. The van der Waals surface area contributed by atoms with Crippen molar-refractivity contribution in [3.8, 4) is 20.9 Å². The van der Waals surface area contributed by atoms with E-state index in [1.165, 1.54) is 42.7 Å². The highest BCUT2D eigenvalue weighted by atomic mass is 32.1. The van der Waals surface area contributed by atoms with Crippen molar-refractivity contribution < 1.29 is 0 Å². The first-order chi connectivity index (χ1) is 11.4. The van der Waals surface area contributed by atoms with Crippen LogP contribution in [0.1, 0.15) is 0 Å². The lowest BCUT2D eigenvalue weighted by atomic mass is 10.1. The van der Waals surface area contributed by atoms with Gasteiger partial charge in [-0.05, 0) is 58.3 Å². The number of aromatic nitrogens is 1. The number of rotatable bonds is 2. The van der Waals surface area contributed by atoms with Crippen molar-refractivity contribution in [1.82, 2.24) is 4.98 Å². The maximum absolute atomic E-state index is 3.53. The summed E-state index contributed by atoms with van der Waals surface area (Å²) in [6.07, 6.45) is 0. The fraction of sp³-hybridized carbons (Fsp3) is 0. The minimum absolute atomic E-state index is 1.20. The molecule has 0 aliphatic rings. The molecule has 0 unspecified atom stereocenters. The van der Waals surface area contributed by atoms with Gasteiger partial charge in [-0.25, -0.2) is 0 Å². The number of benzene rings is 2. The molecular formula is C20H13NS2. The summed E-state index contributed by atoms with van der Waals surface area (Å²) in [4.78, 5) is 6.16. The van der Waals surface area contributed by atoms with E-state index in [0.717, 1.165) is 0 Å². The lowest BCUT2D eigenvalue weighted by Gasteiger charge is -2.00. The fourth-order valence-corrected chi connectivity index (χ4v) is 4.54. The van der Waals surface area contributed by atoms with E-state index in [4.69, 9.17) is 0 Å². The van der Waals surface area contributed by atoms with Crippen LogP contribution in [0.2, 0.25) is 0 Å². The minimum Gasteiger partial charge on any atom is -0.355 e. The number of fused-ring (bicyclic) bond motifs is 3. The van der Waals surface area contributed by atoms with Gasteiger partial charge in [-0.3, -0.25) is 0 Å². The molecule has 0 amide bonds. The van der Waals surface area contributed by atoms with Crippen LogP contribution in [-0.2, 0) is 0 Å². The predicted octanol–water partition coefficient (Wildman–Crippen LogP) is 6.78. The number of hydrogen-bond donors (Lipinski definition) is 1. The number of hydrogen-bond acceptors (Lipinski definition) is 2.